The maximum Gasteiger partial charge on any atom is 0.233 e. The lowest BCUT2D eigenvalue weighted by Gasteiger charge is -2.30. The van der Waals surface area contributed by atoms with E-state index in [0.29, 0.717) is 22.7 Å². The second-order valence-electron chi connectivity index (χ2n) is 6.25. The fourth-order valence-electron chi connectivity index (χ4n) is 2.92. The Morgan fingerprint density at radius 3 is 2.79 bits per heavy atom. The molecule has 3 rings (SSSR count). The van der Waals surface area contributed by atoms with Crippen LogP contribution in [0.4, 0.5) is 4.39 Å². The molecule has 5 nitrogen and oxygen atoms in total. The highest BCUT2D eigenvalue weighted by Gasteiger charge is 2.21. The van der Waals surface area contributed by atoms with E-state index in [2.05, 4.69) is 17.1 Å². The molecule has 0 bridgehead atoms. The third-order valence-corrected chi connectivity index (χ3v) is 5.28. The zero-order valence-electron chi connectivity index (χ0n) is 13.9. The largest absolute Gasteiger partial charge is 0.342 e. The van der Waals surface area contributed by atoms with E-state index >= 15 is 0 Å². The van der Waals surface area contributed by atoms with Crippen LogP contribution < -0.4 is 0 Å². The molecule has 1 fully saturated rings. The molecule has 1 saturated heterocycles. The molecule has 128 valence electrons. The van der Waals surface area contributed by atoms with Gasteiger partial charge in [0.15, 0.2) is 11.0 Å². The Morgan fingerprint density at radius 2 is 2.08 bits per heavy atom. The summed E-state index contributed by atoms with van der Waals surface area (Å²) < 4.78 is 14.9. The molecule has 0 aliphatic carbocycles. The van der Waals surface area contributed by atoms with Crippen LogP contribution in [-0.2, 0) is 11.8 Å². The van der Waals surface area contributed by atoms with Gasteiger partial charge in [0.05, 0.1) is 5.75 Å². The van der Waals surface area contributed by atoms with E-state index in [9.17, 15) is 9.18 Å². The number of hydrogen-bond donors (Lipinski definition) is 0. The van der Waals surface area contributed by atoms with Crippen molar-refractivity contribution >= 4 is 17.7 Å². The fourth-order valence-corrected chi connectivity index (χ4v) is 3.74. The lowest BCUT2D eigenvalue weighted by molar-refractivity contribution is -0.130. The minimum Gasteiger partial charge on any atom is -0.342 e. The van der Waals surface area contributed by atoms with Crippen molar-refractivity contribution in [3.63, 3.8) is 0 Å². The highest BCUT2D eigenvalue weighted by molar-refractivity contribution is 7.99. The zero-order valence-corrected chi connectivity index (χ0v) is 14.7. The Morgan fingerprint density at radius 1 is 1.33 bits per heavy atom. The highest BCUT2D eigenvalue weighted by Crippen LogP contribution is 2.24. The number of piperidine rings is 1. The van der Waals surface area contributed by atoms with Gasteiger partial charge in [0.25, 0.3) is 0 Å². The Balaban J connectivity index is 1.64. The summed E-state index contributed by atoms with van der Waals surface area (Å²) in [5.41, 5.74) is 0.800. The summed E-state index contributed by atoms with van der Waals surface area (Å²) >= 11 is 1.39. The van der Waals surface area contributed by atoms with Crippen LogP contribution in [0.5, 0.6) is 0 Å². The number of amides is 1. The second kappa shape index (κ2) is 7.34. The van der Waals surface area contributed by atoms with Gasteiger partial charge in [-0.1, -0.05) is 18.7 Å². The first-order valence-electron chi connectivity index (χ1n) is 8.10. The lowest BCUT2D eigenvalue weighted by atomic mass is 10.0. The van der Waals surface area contributed by atoms with Crippen molar-refractivity contribution in [1.82, 2.24) is 19.7 Å². The van der Waals surface area contributed by atoms with Gasteiger partial charge in [-0.2, -0.15) is 0 Å². The average molecular weight is 348 g/mol. The van der Waals surface area contributed by atoms with Crippen LogP contribution in [0.25, 0.3) is 11.4 Å². The van der Waals surface area contributed by atoms with Gasteiger partial charge in [-0.3, -0.25) is 4.79 Å². The molecule has 0 unspecified atom stereocenters. The fraction of sp³-hybridized carbons (Fsp3) is 0.471. The van der Waals surface area contributed by atoms with E-state index in [0.717, 1.165) is 25.1 Å². The molecule has 2 heterocycles. The molecule has 1 aromatic carbocycles. The number of thioether (sulfide) groups is 1. The van der Waals surface area contributed by atoms with E-state index in [4.69, 9.17) is 0 Å². The number of carbonyl (C=O) groups is 1. The Kier molecular flexibility index (Phi) is 5.18. The summed E-state index contributed by atoms with van der Waals surface area (Å²) in [7, 11) is 1.86. The van der Waals surface area contributed by atoms with Gasteiger partial charge < -0.3 is 9.47 Å². The van der Waals surface area contributed by atoms with Crippen LogP contribution in [0.1, 0.15) is 19.8 Å². The quantitative estimate of drug-likeness (QED) is 0.797. The lowest BCUT2D eigenvalue weighted by Crippen LogP contribution is -2.40. The topological polar surface area (TPSA) is 51.0 Å². The number of likely N-dealkylation sites (tertiary alicyclic amines) is 1. The van der Waals surface area contributed by atoms with Crippen LogP contribution in [-0.4, -0.2) is 44.4 Å². The van der Waals surface area contributed by atoms with Gasteiger partial charge in [0.2, 0.25) is 5.91 Å². The number of carbonyl (C=O) groups excluding carboxylic acids is 1. The van der Waals surface area contributed by atoms with E-state index in [1.165, 1.54) is 30.3 Å². The summed E-state index contributed by atoms with van der Waals surface area (Å²) in [6.45, 7) is 3.88. The van der Waals surface area contributed by atoms with Crippen molar-refractivity contribution in [3.05, 3.63) is 30.1 Å². The number of nitrogens with zero attached hydrogens (tertiary/aromatic N) is 4. The SMILES string of the molecule is C[C@H]1CCCN(C(=O)CSc2nnc(-c3ccc(F)cc3)n2C)C1. The summed E-state index contributed by atoms with van der Waals surface area (Å²) in [6.07, 6.45) is 2.28. The van der Waals surface area contributed by atoms with Crippen LogP contribution >= 0.6 is 11.8 Å². The molecule has 1 aliphatic rings. The van der Waals surface area contributed by atoms with Crippen LogP contribution in [0, 0.1) is 11.7 Å². The highest BCUT2D eigenvalue weighted by atomic mass is 32.2. The van der Waals surface area contributed by atoms with Gasteiger partial charge >= 0.3 is 0 Å². The number of rotatable bonds is 4. The van der Waals surface area contributed by atoms with Gasteiger partial charge in [-0.25, -0.2) is 4.39 Å². The minimum atomic E-state index is -0.281. The van der Waals surface area contributed by atoms with Crippen molar-refractivity contribution in [3.8, 4) is 11.4 Å². The maximum absolute atomic E-state index is 13.0. The molecule has 24 heavy (non-hydrogen) atoms. The van der Waals surface area contributed by atoms with E-state index in [1.54, 1.807) is 12.1 Å². The van der Waals surface area contributed by atoms with Crippen molar-refractivity contribution in [2.75, 3.05) is 18.8 Å². The van der Waals surface area contributed by atoms with Gasteiger partial charge in [0.1, 0.15) is 5.82 Å². The van der Waals surface area contributed by atoms with Crippen LogP contribution in [0.3, 0.4) is 0 Å². The number of halogens is 1. The Labute approximate surface area is 145 Å². The molecule has 0 N–H and O–H groups in total. The molecule has 0 saturated carbocycles. The van der Waals surface area contributed by atoms with Crippen LogP contribution in [0.15, 0.2) is 29.4 Å². The average Bonchev–Trinajstić information content (AvgIpc) is 2.94. The molecule has 2 aromatic rings. The van der Waals surface area contributed by atoms with Gasteiger partial charge in [-0.15, -0.1) is 10.2 Å². The van der Waals surface area contributed by atoms with Crippen molar-refractivity contribution in [1.29, 1.82) is 0 Å². The Hall–Kier alpha value is -1.89. The minimum absolute atomic E-state index is 0.151. The molecule has 1 amide bonds. The molecular weight excluding hydrogens is 327 g/mol. The molecule has 1 atom stereocenters. The van der Waals surface area contributed by atoms with Crippen molar-refractivity contribution < 1.29 is 9.18 Å². The standard InChI is InChI=1S/C17H21FN4OS/c1-12-4-3-9-22(10-12)15(23)11-24-17-20-19-16(21(17)2)13-5-7-14(18)8-6-13/h5-8,12H,3-4,9-11H2,1-2H3/t12-/m0/s1. The third-order valence-electron chi connectivity index (χ3n) is 4.27. The molecule has 1 aliphatic heterocycles. The second-order valence-corrected chi connectivity index (χ2v) is 7.19. The number of hydrogen-bond acceptors (Lipinski definition) is 4. The molecule has 0 spiro atoms. The number of benzene rings is 1. The van der Waals surface area contributed by atoms with E-state index < -0.39 is 0 Å². The van der Waals surface area contributed by atoms with Crippen LogP contribution in [0.2, 0.25) is 0 Å². The summed E-state index contributed by atoms with van der Waals surface area (Å²) in [6, 6.07) is 6.15. The summed E-state index contributed by atoms with van der Waals surface area (Å²) in [5, 5.41) is 9.01. The first-order chi connectivity index (χ1) is 11.5. The first-order valence-corrected chi connectivity index (χ1v) is 9.09. The zero-order chi connectivity index (χ0) is 17.1. The van der Waals surface area contributed by atoms with Gasteiger partial charge in [-0.05, 0) is 43.0 Å². The third kappa shape index (κ3) is 3.77. The maximum atomic E-state index is 13.0. The molecule has 1 aromatic heterocycles. The van der Waals surface area contributed by atoms with E-state index in [1.807, 2.05) is 16.5 Å². The molecule has 7 heteroatoms. The predicted molar refractivity (Wildman–Crippen MR) is 92.1 cm³/mol. The smallest absolute Gasteiger partial charge is 0.233 e. The molecule has 0 radical (unpaired) electrons. The van der Waals surface area contributed by atoms with Crippen molar-refractivity contribution in [2.45, 2.75) is 24.9 Å². The monoisotopic (exact) mass is 348 g/mol. The molecular formula is C17H21FN4OS. The summed E-state index contributed by atoms with van der Waals surface area (Å²) in [4.78, 5) is 14.3. The normalized spacial score (nSPS) is 18.0. The Bertz CT molecular complexity index is 716. The van der Waals surface area contributed by atoms with E-state index in [-0.39, 0.29) is 11.7 Å². The summed E-state index contributed by atoms with van der Waals surface area (Å²) in [5.74, 6) is 1.47. The first kappa shape index (κ1) is 17.0. The van der Waals surface area contributed by atoms with Crippen molar-refractivity contribution in [2.24, 2.45) is 13.0 Å². The number of aromatic nitrogens is 3. The van der Waals surface area contributed by atoms with Gasteiger partial charge in [0, 0.05) is 25.7 Å². The predicted octanol–water partition coefficient (Wildman–Crippen LogP) is 2.97.